The molecule has 19 heavy (non-hydrogen) atoms. The van der Waals surface area contributed by atoms with Crippen LogP contribution in [-0.4, -0.2) is 23.5 Å². The van der Waals surface area contributed by atoms with Crippen LogP contribution >= 0.6 is 0 Å². The first kappa shape index (κ1) is 14.5. The summed E-state index contributed by atoms with van der Waals surface area (Å²) in [6.45, 7) is 7.99. The van der Waals surface area contributed by atoms with Crippen molar-refractivity contribution in [2.75, 3.05) is 6.54 Å². The van der Waals surface area contributed by atoms with E-state index in [1.165, 1.54) is 31.4 Å². The summed E-state index contributed by atoms with van der Waals surface area (Å²) in [4.78, 5) is 2.66. The van der Waals surface area contributed by atoms with Gasteiger partial charge in [0.05, 0.1) is 0 Å². The fourth-order valence-electron chi connectivity index (χ4n) is 3.50. The van der Waals surface area contributed by atoms with E-state index >= 15 is 0 Å². The van der Waals surface area contributed by atoms with Gasteiger partial charge in [-0.3, -0.25) is 4.90 Å². The Balaban J connectivity index is 2.27. The lowest BCUT2D eigenvalue weighted by molar-refractivity contribution is 0.0573. The zero-order valence-corrected chi connectivity index (χ0v) is 12.5. The van der Waals surface area contributed by atoms with Crippen molar-refractivity contribution in [2.45, 2.75) is 58.2 Å². The molecular weight excluding hydrogens is 232 g/mol. The molecule has 2 N–H and O–H groups in total. The van der Waals surface area contributed by atoms with Gasteiger partial charge in [0.1, 0.15) is 0 Å². The van der Waals surface area contributed by atoms with Crippen LogP contribution in [0.15, 0.2) is 30.3 Å². The Morgan fingerprint density at radius 1 is 1.11 bits per heavy atom. The third kappa shape index (κ3) is 3.37. The summed E-state index contributed by atoms with van der Waals surface area (Å²) in [5.74, 6) is 0.613. The van der Waals surface area contributed by atoms with Gasteiger partial charge in [-0.05, 0) is 37.8 Å². The first-order chi connectivity index (χ1) is 9.11. The minimum atomic E-state index is 0.255. The van der Waals surface area contributed by atoms with Crippen molar-refractivity contribution in [3.63, 3.8) is 0 Å². The van der Waals surface area contributed by atoms with E-state index in [0.29, 0.717) is 18.0 Å². The van der Waals surface area contributed by atoms with Crippen LogP contribution in [0.3, 0.4) is 0 Å². The second-order valence-electron chi connectivity index (χ2n) is 6.26. The largest absolute Gasteiger partial charge is 0.327 e. The molecule has 1 aliphatic heterocycles. The molecule has 1 heterocycles. The van der Waals surface area contributed by atoms with E-state index in [9.17, 15) is 0 Å². The van der Waals surface area contributed by atoms with Crippen molar-refractivity contribution in [2.24, 2.45) is 11.7 Å². The lowest BCUT2D eigenvalue weighted by Crippen LogP contribution is -2.51. The average molecular weight is 260 g/mol. The molecule has 0 radical (unpaired) electrons. The van der Waals surface area contributed by atoms with E-state index in [1.54, 1.807) is 0 Å². The maximum absolute atomic E-state index is 6.23. The smallest absolute Gasteiger partial charge is 0.0374 e. The van der Waals surface area contributed by atoms with Crippen molar-refractivity contribution in [3.05, 3.63) is 35.9 Å². The number of benzene rings is 1. The van der Waals surface area contributed by atoms with E-state index in [2.05, 4.69) is 56.0 Å². The van der Waals surface area contributed by atoms with Gasteiger partial charge in [0, 0.05) is 18.1 Å². The molecule has 3 unspecified atom stereocenters. The van der Waals surface area contributed by atoms with Gasteiger partial charge in [0.15, 0.2) is 0 Å². The van der Waals surface area contributed by atoms with E-state index in [0.717, 1.165) is 0 Å². The number of hydrogen-bond donors (Lipinski definition) is 1. The molecule has 1 saturated heterocycles. The maximum atomic E-state index is 6.23. The van der Waals surface area contributed by atoms with Crippen LogP contribution in [0.4, 0.5) is 0 Å². The van der Waals surface area contributed by atoms with E-state index in [4.69, 9.17) is 5.73 Å². The van der Waals surface area contributed by atoms with Gasteiger partial charge in [0.2, 0.25) is 0 Å². The van der Waals surface area contributed by atoms with Crippen LogP contribution in [-0.2, 0) is 0 Å². The SMILES string of the molecule is CC(C)C(c1ccccc1)N1CCCCC1C(C)N. The van der Waals surface area contributed by atoms with Crippen molar-refractivity contribution in [3.8, 4) is 0 Å². The fraction of sp³-hybridized carbons (Fsp3) is 0.647. The zero-order chi connectivity index (χ0) is 13.8. The third-order valence-corrected chi connectivity index (χ3v) is 4.33. The first-order valence-corrected chi connectivity index (χ1v) is 7.67. The average Bonchev–Trinajstić information content (AvgIpc) is 2.40. The molecule has 2 nitrogen and oxygen atoms in total. The monoisotopic (exact) mass is 260 g/mol. The van der Waals surface area contributed by atoms with Gasteiger partial charge >= 0.3 is 0 Å². The van der Waals surface area contributed by atoms with E-state index in [-0.39, 0.29) is 6.04 Å². The van der Waals surface area contributed by atoms with Gasteiger partial charge in [-0.15, -0.1) is 0 Å². The van der Waals surface area contributed by atoms with Crippen LogP contribution in [0.25, 0.3) is 0 Å². The summed E-state index contributed by atoms with van der Waals surface area (Å²) in [7, 11) is 0. The van der Waals surface area contributed by atoms with Crippen LogP contribution in [0.2, 0.25) is 0 Å². The summed E-state index contributed by atoms with van der Waals surface area (Å²) in [5, 5.41) is 0. The minimum absolute atomic E-state index is 0.255. The highest BCUT2D eigenvalue weighted by atomic mass is 15.2. The molecule has 1 aromatic rings. The topological polar surface area (TPSA) is 29.3 Å². The molecule has 0 amide bonds. The number of nitrogens with two attached hydrogens (primary N) is 1. The molecule has 0 bridgehead atoms. The van der Waals surface area contributed by atoms with Gasteiger partial charge in [-0.1, -0.05) is 50.6 Å². The highest BCUT2D eigenvalue weighted by molar-refractivity contribution is 5.20. The van der Waals surface area contributed by atoms with Gasteiger partial charge in [0.25, 0.3) is 0 Å². The first-order valence-electron chi connectivity index (χ1n) is 7.67. The lowest BCUT2D eigenvalue weighted by atomic mass is 9.88. The Hall–Kier alpha value is -0.860. The molecule has 1 aliphatic rings. The maximum Gasteiger partial charge on any atom is 0.0374 e. The highest BCUT2D eigenvalue weighted by Gasteiger charge is 2.33. The van der Waals surface area contributed by atoms with Crippen LogP contribution < -0.4 is 5.73 Å². The van der Waals surface area contributed by atoms with Crippen molar-refractivity contribution >= 4 is 0 Å². The van der Waals surface area contributed by atoms with Crippen molar-refractivity contribution in [1.82, 2.24) is 4.90 Å². The Kier molecular flexibility index (Phi) is 5.00. The predicted octanol–water partition coefficient (Wildman–Crippen LogP) is 3.59. The summed E-state index contributed by atoms with van der Waals surface area (Å²) < 4.78 is 0. The summed E-state index contributed by atoms with van der Waals surface area (Å²) >= 11 is 0. The van der Waals surface area contributed by atoms with Crippen LogP contribution in [0.5, 0.6) is 0 Å². The predicted molar refractivity (Wildman–Crippen MR) is 82.0 cm³/mol. The Morgan fingerprint density at radius 2 is 1.79 bits per heavy atom. The second-order valence-corrected chi connectivity index (χ2v) is 6.26. The van der Waals surface area contributed by atoms with Gasteiger partial charge in [-0.2, -0.15) is 0 Å². The standard InChI is InChI=1S/C17H28N2/c1-13(2)17(15-9-5-4-6-10-15)19-12-8-7-11-16(19)14(3)18/h4-6,9-10,13-14,16-17H,7-8,11-12,18H2,1-3H3. The number of piperidine rings is 1. The number of hydrogen-bond acceptors (Lipinski definition) is 2. The number of likely N-dealkylation sites (tertiary alicyclic amines) is 1. The second kappa shape index (κ2) is 6.53. The van der Waals surface area contributed by atoms with E-state index < -0.39 is 0 Å². The van der Waals surface area contributed by atoms with Gasteiger partial charge in [-0.25, -0.2) is 0 Å². The summed E-state index contributed by atoms with van der Waals surface area (Å²) in [6.07, 6.45) is 3.87. The Labute approximate surface area is 118 Å². The molecule has 2 rings (SSSR count). The molecule has 106 valence electrons. The molecule has 0 spiro atoms. The molecule has 0 aliphatic carbocycles. The minimum Gasteiger partial charge on any atom is -0.327 e. The number of rotatable bonds is 4. The summed E-state index contributed by atoms with van der Waals surface area (Å²) in [5.41, 5.74) is 7.67. The normalized spacial score (nSPS) is 24.4. The molecular formula is C17H28N2. The highest BCUT2D eigenvalue weighted by Crippen LogP contribution is 2.34. The zero-order valence-electron chi connectivity index (χ0n) is 12.5. The molecule has 2 heteroatoms. The lowest BCUT2D eigenvalue weighted by Gasteiger charge is -2.45. The molecule has 0 saturated carbocycles. The van der Waals surface area contributed by atoms with Gasteiger partial charge < -0.3 is 5.73 Å². The molecule has 3 atom stereocenters. The fourth-order valence-corrected chi connectivity index (χ4v) is 3.50. The summed E-state index contributed by atoms with van der Waals surface area (Å²) in [6, 6.07) is 12.2. The van der Waals surface area contributed by atoms with Crippen molar-refractivity contribution < 1.29 is 0 Å². The quantitative estimate of drug-likeness (QED) is 0.896. The Morgan fingerprint density at radius 3 is 2.37 bits per heavy atom. The molecule has 0 aromatic heterocycles. The van der Waals surface area contributed by atoms with Crippen LogP contribution in [0, 0.1) is 5.92 Å². The number of nitrogens with zero attached hydrogens (tertiary/aromatic N) is 1. The van der Waals surface area contributed by atoms with Crippen LogP contribution in [0.1, 0.15) is 51.6 Å². The van der Waals surface area contributed by atoms with Crippen molar-refractivity contribution in [1.29, 1.82) is 0 Å². The molecule has 1 aromatic carbocycles. The van der Waals surface area contributed by atoms with E-state index in [1.807, 2.05) is 0 Å². The Bertz CT molecular complexity index is 372. The third-order valence-electron chi connectivity index (χ3n) is 4.33. The molecule has 1 fully saturated rings.